The van der Waals surface area contributed by atoms with E-state index in [-0.39, 0.29) is 119 Å². The Morgan fingerprint density at radius 3 is 1.09 bits per heavy atom. The third kappa shape index (κ3) is 62.4. The van der Waals surface area contributed by atoms with Crippen LogP contribution in [0, 0.1) is 27.7 Å². The van der Waals surface area contributed by atoms with E-state index in [1.165, 1.54) is 0 Å². The molecule has 0 spiro atoms. The lowest BCUT2D eigenvalue weighted by Gasteiger charge is -1.99. The number of rotatable bonds is 16. The molecule has 8 aromatic heterocycles. The van der Waals surface area contributed by atoms with E-state index >= 15 is 0 Å². The van der Waals surface area contributed by atoms with Crippen molar-refractivity contribution in [3.05, 3.63) is 120 Å². The summed E-state index contributed by atoms with van der Waals surface area (Å²) in [7, 11) is 9.28. The van der Waals surface area contributed by atoms with Crippen LogP contribution in [0.1, 0.15) is 185 Å². The summed E-state index contributed by atoms with van der Waals surface area (Å²) < 4.78 is 13.6. The zero-order chi connectivity index (χ0) is 54.9. The van der Waals surface area contributed by atoms with E-state index in [0.717, 1.165) is 90.7 Å². The van der Waals surface area contributed by atoms with Crippen LogP contribution in [-0.4, -0.2) is 140 Å². The highest BCUT2D eigenvalue weighted by molar-refractivity contribution is 7.57. The van der Waals surface area contributed by atoms with Crippen molar-refractivity contribution in [2.75, 3.05) is 20.3 Å². The fourth-order valence-corrected chi connectivity index (χ4v) is 5.30. The third-order valence-electron chi connectivity index (χ3n) is 8.44. The Balaban J connectivity index is -0.0000000488. The number of aromatic nitrogens is 24. The van der Waals surface area contributed by atoms with E-state index < -0.39 is 0 Å². The van der Waals surface area contributed by atoms with Gasteiger partial charge in [0.2, 0.25) is 0 Å². The maximum Gasteiger partial charge on any atom is 0.197 e. The zero-order valence-electron chi connectivity index (χ0n) is 45.0. The molecule has 8 rings (SSSR count). The van der Waals surface area contributed by atoms with Crippen LogP contribution in [0.3, 0.4) is 0 Å². The molecule has 0 amide bonds. The summed E-state index contributed by atoms with van der Waals surface area (Å²) in [5, 5.41) is 71.0. The Labute approximate surface area is 561 Å². The molecule has 0 unspecified atom stereocenters. The van der Waals surface area contributed by atoms with Gasteiger partial charge in [0.25, 0.3) is 0 Å². The molecule has 536 valence electrons. The number of hydrogen-bond donors (Lipinski definition) is 6. The van der Waals surface area contributed by atoms with Gasteiger partial charge in [-0.25, -0.2) is 14.0 Å². The average molecular weight is 1330 g/mol. The average Bonchev–Trinajstić information content (AvgIpc) is 4.27. The molecule has 32 heteroatoms. The van der Waals surface area contributed by atoms with Crippen LogP contribution in [0.15, 0.2) is 74.1 Å². The van der Waals surface area contributed by atoms with Gasteiger partial charge in [-0.3, -0.25) is 23.4 Å². The van der Waals surface area contributed by atoms with Crippen LogP contribution in [0.25, 0.3) is 0 Å². The van der Waals surface area contributed by atoms with Gasteiger partial charge < -0.3 is 32.7 Å². The first-order valence-corrected chi connectivity index (χ1v) is 24.9. The lowest BCUT2D eigenvalue weighted by Crippen LogP contribution is -2.86. The summed E-state index contributed by atoms with van der Waals surface area (Å²) >= 11 is 6.57. The van der Waals surface area contributed by atoms with E-state index in [1.54, 1.807) is 45.2 Å². The third-order valence-corrected chi connectivity index (χ3v) is 9.13. The summed E-state index contributed by atoms with van der Waals surface area (Å²) in [5.41, 5.74) is 18.1. The second-order valence-corrected chi connectivity index (χ2v) is 16.0. The second-order valence-electron chi connectivity index (χ2n) is 15.3. The molecule has 0 aromatic carbocycles. The Kier molecular flexibility index (Phi) is 107. The smallest absolute Gasteiger partial charge is 0.197 e. The summed E-state index contributed by atoms with van der Waals surface area (Å²) in [6.45, 7) is 19.0. The van der Waals surface area contributed by atoms with Crippen LogP contribution in [0.4, 0.5) is 0 Å². The molecule has 90 heavy (non-hydrogen) atoms. The van der Waals surface area contributed by atoms with Gasteiger partial charge in [-0.1, -0.05) is 174 Å². The molecule has 30 nitrogen and oxygen atoms in total. The predicted octanol–water partition coefficient (Wildman–Crippen LogP) is 6.62. The van der Waals surface area contributed by atoms with Crippen LogP contribution in [0.5, 0.6) is 0 Å². The largest absolute Gasteiger partial charge is 0.394 e. The molecule has 0 atom stereocenters. The van der Waals surface area contributed by atoms with E-state index in [9.17, 15) is 0 Å². The van der Waals surface area contributed by atoms with E-state index in [2.05, 4.69) is 142 Å². The number of nitrogens with zero attached hydrogens (tertiary/aromatic N) is 24. The van der Waals surface area contributed by atoms with Crippen molar-refractivity contribution in [1.82, 2.24) is 131 Å². The number of hydrogen-bond acceptors (Lipinski definition) is 20. The maximum absolute atomic E-state index is 5.25. The Bertz CT molecular complexity index is 2310. The first-order chi connectivity index (χ1) is 35.6. The monoisotopic (exact) mass is 1330 g/mol. The molecular formula is C58H146N30S2+4. The minimum absolute atomic E-state index is 0. The summed E-state index contributed by atoms with van der Waals surface area (Å²) in [5.74, 6) is 1.48. The number of allylic oxidation sites excluding steroid dienone is 1. The number of nitrogens with two attached hydrogens (primary N) is 4. The van der Waals surface area contributed by atoms with Gasteiger partial charge in [-0.2, -0.15) is 0 Å². The molecule has 0 saturated heterocycles. The molecule has 0 radical (unpaired) electrons. The minimum atomic E-state index is 0. The fourth-order valence-electron chi connectivity index (χ4n) is 4.98. The van der Waals surface area contributed by atoms with Crippen LogP contribution < -0.4 is 32.7 Å². The van der Waals surface area contributed by atoms with Crippen molar-refractivity contribution in [2.45, 2.75) is 218 Å². The highest BCUT2D eigenvalue weighted by Gasteiger charge is 1.99. The van der Waals surface area contributed by atoms with Gasteiger partial charge in [0.15, 0.2) is 12.5 Å². The summed E-state index contributed by atoms with van der Waals surface area (Å²) in [4.78, 5) is 0. The SMILES string of the molecule is C.C.C.C.C.C.C.C.C.C.C.C.C.C.C.C.C/C=C/NC[NH2+]Cn1cc(C)nn1.CCc1cn(C)nn1.CCn1cc(C)nn1.CN/C=C/C[NH2+]Cc1cn(C)nn1.Cc1cn(CN)nn1.Cc1cn(C[SH2+])nn1.Cn1cc(CN)nn1.Cn1cc(C[SH2+])nn1. The number of quaternary nitrogens is 2. The summed E-state index contributed by atoms with van der Waals surface area (Å²) in [6.07, 6.45) is 23.8. The topological polar surface area (TPSA) is 355 Å². The van der Waals surface area contributed by atoms with Gasteiger partial charge in [-0.05, 0) is 91.7 Å². The van der Waals surface area contributed by atoms with Crippen molar-refractivity contribution in [3.63, 3.8) is 0 Å². The first kappa shape index (κ1) is 124. The first-order valence-electron chi connectivity index (χ1n) is 23.5. The van der Waals surface area contributed by atoms with Crippen molar-refractivity contribution < 1.29 is 10.6 Å². The van der Waals surface area contributed by atoms with Gasteiger partial charge >= 0.3 is 0 Å². The standard InChI is InChI=1S/2C8H15N5.2C5H9N3.2C4H8N4.2C4H7N3S.16CH4/c1-9-4-3-5-10-6-8-7-13(2)12-11-8;1-3-4-9-6-10-7-13-5-8(2)11-12-13;1-3-5-4-8(2)7-6-5;1-3-8-4-5(2)6-7-8;1-8-3-4(2-5)6-7-8;1-4-2-8(3-5)7-6-4;1-7-2-4(3-8)5-6-7;1-4-2-7(3-8)6-5-4;;;;;;;;;;;;;;;;/h3-4,7,9-10H,5-6H2,1-2H3;3-5,9-10H,6-7H2,1-2H3;2*4H,3H2,1-2H3;3H,2,5H2,1H3;2H,3,5H2,1H3;2*2,8H,3H2,1H3;16*1H4/p+4/b2*4-3+;;;;;;;;;;;;;;;;;;;;;;. The molecule has 0 aliphatic carbocycles. The van der Waals surface area contributed by atoms with E-state index in [0.29, 0.717) is 19.1 Å². The van der Waals surface area contributed by atoms with Crippen molar-refractivity contribution in [1.29, 1.82) is 0 Å². The predicted molar refractivity (Wildman–Crippen MR) is 395 cm³/mol. The fraction of sp³-hybridized carbons (Fsp3) is 0.655. The Morgan fingerprint density at radius 2 is 0.844 bits per heavy atom. The van der Waals surface area contributed by atoms with E-state index in [4.69, 9.17) is 11.5 Å². The van der Waals surface area contributed by atoms with Crippen LogP contribution >= 0.6 is 0 Å². The van der Waals surface area contributed by atoms with Crippen molar-refractivity contribution >= 4 is 25.3 Å². The molecule has 8 heterocycles. The Morgan fingerprint density at radius 1 is 0.467 bits per heavy atom. The molecule has 0 fully saturated rings. The molecule has 0 saturated carbocycles. The normalized spacial score (nSPS) is 8.36. The molecule has 10 N–H and O–H groups in total. The molecule has 0 aliphatic rings. The number of nitrogens with one attached hydrogen (secondary N) is 2. The molecular weight excluding hydrogens is 1180 g/mol. The minimum Gasteiger partial charge on any atom is -0.394 e. The molecule has 0 bridgehead atoms. The van der Waals surface area contributed by atoms with Crippen LogP contribution in [-0.2, 0) is 104 Å². The molecule has 0 aliphatic heterocycles. The maximum atomic E-state index is 5.25. The highest BCUT2D eigenvalue weighted by Crippen LogP contribution is 1.91. The second kappa shape index (κ2) is 77.8. The van der Waals surface area contributed by atoms with Gasteiger partial charge in [0, 0.05) is 73.1 Å². The van der Waals surface area contributed by atoms with Gasteiger partial charge in [-0.15, -0.1) is 40.8 Å². The van der Waals surface area contributed by atoms with Crippen molar-refractivity contribution in [2.24, 2.45) is 39.7 Å². The van der Waals surface area contributed by atoms with Gasteiger partial charge in [0.1, 0.15) is 30.4 Å². The number of aryl methyl sites for hydroxylation is 10. The van der Waals surface area contributed by atoms with Gasteiger partial charge in [0.05, 0.1) is 72.2 Å². The lowest BCUT2D eigenvalue weighted by atomic mass is 10.4. The quantitative estimate of drug-likeness (QED) is 0.0336. The highest BCUT2D eigenvalue weighted by atomic mass is 32.1. The van der Waals surface area contributed by atoms with Crippen molar-refractivity contribution in [3.8, 4) is 0 Å². The summed E-state index contributed by atoms with van der Waals surface area (Å²) in [6, 6.07) is 0. The van der Waals surface area contributed by atoms with Crippen LogP contribution in [0.2, 0.25) is 0 Å². The Hall–Kier alpha value is -7.26. The van der Waals surface area contributed by atoms with E-state index in [1.807, 2.05) is 137 Å². The zero-order valence-corrected chi connectivity index (χ0v) is 47.0. The molecule has 8 aromatic rings. The lowest BCUT2D eigenvalue weighted by molar-refractivity contribution is -0.687.